The van der Waals surface area contributed by atoms with E-state index in [-0.39, 0.29) is 23.3 Å². The first kappa shape index (κ1) is 30.4. The molecule has 2 aliphatic rings. The predicted molar refractivity (Wildman–Crippen MR) is 165 cm³/mol. The first-order valence-electron chi connectivity index (χ1n) is 15.2. The Balaban J connectivity index is 1.48. The van der Waals surface area contributed by atoms with Crippen molar-refractivity contribution in [2.75, 3.05) is 46.9 Å². The zero-order valence-corrected chi connectivity index (χ0v) is 26.3. The lowest BCUT2D eigenvalue weighted by Gasteiger charge is -2.55. The number of H-pyrrole nitrogens is 1. The lowest BCUT2D eigenvalue weighted by atomic mass is 9.62. The Morgan fingerprint density at radius 3 is 2.31 bits per heavy atom. The molecule has 1 amide bonds. The Morgan fingerprint density at radius 1 is 1.07 bits per heavy atom. The molecule has 0 radical (unpaired) electrons. The highest BCUT2D eigenvalue weighted by Crippen LogP contribution is 2.50. The van der Waals surface area contributed by atoms with Gasteiger partial charge in [-0.15, -0.1) is 0 Å². The summed E-state index contributed by atoms with van der Waals surface area (Å²) in [7, 11) is 3.65. The molecule has 42 heavy (non-hydrogen) atoms. The highest BCUT2D eigenvalue weighted by molar-refractivity contribution is 5.77. The first-order valence-corrected chi connectivity index (χ1v) is 15.2. The summed E-state index contributed by atoms with van der Waals surface area (Å²) < 4.78 is 5.07. The van der Waals surface area contributed by atoms with Crippen LogP contribution in [-0.2, 0) is 20.5 Å². The summed E-state index contributed by atoms with van der Waals surface area (Å²) in [6, 6.07) is 12.6. The Bertz CT molecular complexity index is 1380. The van der Waals surface area contributed by atoms with Gasteiger partial charge in [0.25, 0.3) is 0 Å². The largest absolute Gasteiger partial charge is 0.380 e. The number of hydrogen-bond donors (Lipinski definition) is 2. The van der Waals surface area contributed by atoms with Crippen LogP contribution in [-0.4, -0.2) is 82.9 Å². The van der Waals surface area contributed by atoms with Gasteiger partial charge in [0.15, 0.2) is 0 Å². The van der Waals surface area contributed by atoms with Crippen molar-refractivity contribution >= 4 is 5.91 Å². The number of carbonyl (C=O) groups is 1. The summed E-state index contributed by atoms with van der Waals surface area (Å²) in [5.74, 6) is 0.828. The van der Waals surface area contributed by atoms with Gasteiger partial charge in [0.1, 0.15) is 12.2 Å². The molecule has 4 heterocycles. The second-order valence-electron chi connectivity index (χ2n) is 13.5. The summed E-state index contributed by atoms with van der Waals surface area (Å²) in [4.78, 5) is 21.2. The predicted octanol–water partition coefficient (Wildman–Crippen LogP) is 4.95. The van der Waals surface area contributed by atoms with E-state index in [1.165, 1.54) is 5.56 Å². The molecular weight excluding hydrogens is 526 g/mol. The number of likely N-dealkylation sites (tertiary alicyclic amines) is 2. The van der Waals surface area contributed by atoms with E-state index in [1.807, 2.05) is 11.1 Å². The fourth-order valence-corrected chi connectivity index (χ4v) is 7.38. The number of aromatic nitrogens is 3. The Hall–Kier alpha value is -3.07. The number of ether oxygens (including phenoxy) is 1. The topological polar surface area (TPSA) is 94.6 Å². The first-order chi connectivity index (χ1) is 19.9. The number of methoxy groups -OCH3 is 1. The molecule has 5 rings (SSSR count). The molecule has 0 saturated carbocycles. The summed E-state index contributed by atoms with van der Waals surface area (Å²) in [6.07, 6.45) is 5.35. The van der Waals surface area contributed by atoms with Crippen molar-refractivity contribution in [3.05, 3.63) is 71.2 Å². The maximum Gasteiger partial charge on any atom is 0.248 e. The minimum Gasteiger partial charge on any atom is -0.380 e. The molecule has 8 heteroatoms. The van der Waals surface area contributed by atoms with Crippen molar-refractivity contribution in [2.24, 2.45) is 11.3 Å². The Kier molecular flexibility index (Phi) is 8.36. The number of piperidine rings is 1. The molecule has 1 aromatic carbocycles. The van der Waals surface area contributed by atoms with Gasteiger partial charge in [0.2, 0.25) is 5.91 Å². The SMILES string of the molecule is COCC(=O)N1CCC(c2cc(-c3cncc([C@@](O)(c4ccc(C(C)C)cc4)C4(C)CN(C)C4)c3)n[nH]2)(C(C)C)CC1. The van der Waals surface area contributed by atoms with Gasteiger partial charge < -0.3 is 19.6 Å². The van der Waals surface area contributed by atoms with Crippen LogP contribution in [0.4, 0.5) is 0 Å². The van der Waals surface area contributed by atoms with Gasteiger partial charge in [-0.2, -0.15) is 5.10 Å². The lowest BCUT2D eigenvalue weighted by molar-refractivity contribution is -0.137. The van der Waals surface area contributed by atoms with Crippen molar-refractivity contribution in [1.29, 1.82) is 0 Å². The van der Waals surface area contributed by atoms with Crippen LogP contribution >= 0.6 is 0 Å². The third-order valence-corrected chi connectivity index (χ3v) is 10.1. The van der Waals surface area contributed by atoms with E-state index in [0.29, 0.717) is 24.9 Å². The van der Waals surface area contributed by atoms with E-state index in [4.69, 9.17) is 9.84 Å². The maximum absolute atomic E-state index is 12.6. The molecule has 2 saturated heterocycles. The average Bonchev–Trinajstić information content (AvgIpc) is 3.47. The monoisotopic (exact) mass is 573 g/mol. The fraction of sp³-hybridized carbons (Fsp3) is 0.559. The molecule has 2 aromatic heterocycles. The number of aliphatic hydroxyl groups is 1. The van der Waals surface area contributed by atoms with Crippen molar-refractivity contribution < 1.29 is 14.6 Å². The van der Waals surface area contributed by atoms with Crippen LogP contribution in [0.3, 0.4) is 0 Å². The number of amides is 1. The lowest BCUT2D eigenvalue weighted by Crippen LogP contribution is -2.63. The number of nitrogens with zero attached hydrogens (tertiary/aromatic N) is 4. The summed E-state index contributed by atoms with van der Waals surface area (Å²) >= 11 is 0. The van der Waals surface area contributed by atoms with E-state index in [2.05, 4.69) is 93.0 Å². The fourth-order valence-electron chi connectivity index (χ4n) is 7.38. The normalized spacial score (nSPS) is 20.0. The van der Waals surface area contributed by atoms with Gasteiger partial charge in [0, 0.05) is 73.3 Å². The molecule has 0 spiro atoms. The molecule has 2 aliphatic heterocycles. The minimum absolute atomic E-state index is 0.0423. The van der Waals surface area contributed by atoms with Gasteiger partial charge in [0.05, 0.1) is 5.69 Å². The van der Waals surface area contributed by atoms with Gasteiger partial charge in [-0.3, -0.25) is 14.9 Å². The molecule has 0 aliphatic carbocycles. The quantitative estimate of drug-likeness (QED) is 0.376. The number of benzene rings is 1. The van der Waals surface area contributed by atoms with E-state index in [1.54, 1.807) is 13.3 Å². The smallest absolute Gasteiger partial charge is 0.248 e. The average molecular weight is 574 g/mol. The zero-order valence-electron chi connectivity index (χ0n) is 26.3. The summed E-state index contributed by atoms with van der Waals surface area (Å²) in [5, 5.41) is 20.8. The van der Waals surface area contributed by atoms with Gasteiger partial charge >= 0.3 is 0 Å². The number of aromatic amines is 1. The Morgan fingerprint density at radius 2 is 1.74 bits per heavy atom. The van der Waals surface area contributed by atoms with Crippen LogP contribution < -0.4 is 0 Å². The Labute approximate surface area is 250 Å². The number of hydrogen-bond acceptors (Lipinski definition) is 6. The zero-order chi connectivity index (χ0) is 30.3. The van der Waals surface area contributed by atoms with E-state index in [9.17, 15) is 9.90 Å². The third-order valence-electron chi connectivity index (χ3n) is 10.1. The molecule has 3 aromatic rings. The number of rotatable bonds is 9. The maximum atomic E-state index is 12.6. The van der Waals surface area contributed by atoms with Crippen LogP contribution in [0.5, 0.6) is 0 Å². The number of carbonyl (C=O) groups excluding carboxylic acids is 1. The van der Waals surface area contributed by atoms with E-state index < -0.39 is 5.60 Å². The van der Waals surface area contributed by atoms with Crippen LogP contribution in [0.15, 0.2) is 48.8 Å². The third kappa shape index (κ3) is 5.18. The van der Waals surface area contributed by atoms with Crippen LogP contribution in [0.25, 0.3) is 11.3 Å². The van der Waals surface area contributed by atoms with E-state index in [0.717, 1.165) is 54.0 Å². The molecule has 226 valence electrons. The summed E-state index contributed by atoms with van der Waals surface area (Å²) in [6.45, 7) is 14.1. The van der Waals surface area contributed by atoms with Gasteiger partial charge in [-0.25, -0.2) is 0 Å². The van der Waals surface area contributed by atoms with Crippen molar-refractivity contribution in [3.63, 3.8) is 0 Å². The van der Waals surface area contributed by atoms with Gasteiger partial charge in [-0.1, -0.05) is 58.9 Å². The number of pyridine rings is 1. The van der Waals surface area contributed by atoms with Crippen LogP contribution in [0, 0.1) is 11.3 Å². The van der Waals surface area contributed by atoms with Crippen molar-refractivity contribution in [2.45, 2.75) is 64.4 Å². The molecule has 8 nitrogen and oxygen atoms in total. The van der Waals surface area contributed by atoms with Gasteiger partial charge in [-0.05, 0) is 55.0 Å². The van der Waals surface area contributed by atoms with E-state index >= 15 is 0 Å². The minimum atomic E-state index is -1.21. The molecule has 1 atom stereocenters. The molecule has 0 bridgehead atoms. The highest BCUT2D eigenvalue weighted by atomic mass is 16.5. The summed E-state index contributed by atoms with van der Waals surface area (Å²) in [5.41, 5.74) is 4.00. The second kappa shape index (κ2) is 11.5. The standard InChI is InChI=1S/C34H47N5O3/c1-23(2)25-8-10-27(11-9-25)34(41,32(5)21-38(6)22-32)28-16-26(18-35-19-28)29-17-30(37-36-29)33(24(3)4)12-14-39(15-13-33)31(40)20-42-7/h8-11,16-19,23-24,41H,12-15,20-22H2,1-7H3,(H,36,37)/t34-/m0/s1. The second-order valence-corrected chi connectivity index (χ2v) is 13.5. The molecule has 0 unspecified atom stereocenters. The van der Waals surface area contributed by atoms with Crippen LogP contribution in [0.2, 0.25) is 0 Å². The molecular formula is C34H47N5O3. The van der Waals surface area contributed by atoms with Crippen LogP contribution in [0.1, 0.15) is 75.8 Å². The molecule has 2 N–H and O–H groups in total. The van der Waals surface area contributed by atoms with Crippen molar-refractivity contribution in [1.82, 2.24) is 25.0 Å². The van der Waals surface area contributed by atoms with Crippen molar-refractivity contribution in [3.8, 4) is 11.3 Å². The highest BCUT2D eigenvalue weighted by Gasteiger charge is 2.55. The molecule has 2 fully saturated rings. The number of nitrogens with one attached hydrogen (secondary N) is 1.